The molecule has 0 radical (unpaired) electrons. The minimum absolute atomic E-state index is 0.301. The quantitative estimate of drug-likeness (QED) is 0.434. The second-order valence-electron chi connectivity index (χ2n) is 4.38. The van der Waals surface area contributed by atoms with E-state index in [-0.39, 0.29) is 12.4 Å². The summed E-state index contributed by atoms with van der Waals surface area (Å²) in [6.07, 6.45) is 1.08. The summed E-state index contributed by atoms with van der Waals surface area (Å²) in [6, 6.07) is 0. The normalized spacial score (nSPS) is 12.8. The van der Waals surface area contributed by atoms with Crippen molar-refractivity contribution in [1.82, 2.24) is 0 Å². The minimum atomic E-state index is -4.54. The number of hydrogen-bond acceptors (Lipinski definition) is 4. The molecule has 0 aliphatic rings. The first-order valence-electron chi connectivity index (χ1n) is 6.35. The topological polar surface area (TPSA) is 66.4 Å². The predicted molar refractivity (Wildman–Crippen MR) is 63.5 cm³/mol. The van der Waals surface area contributed by atoms with Gasteiger partial charge in [0.15, 0.2) is 0 Å². The lowest BCUT2D eigenvalue weighted by Gasteiger charge is -2.07. The highest BCUT2D eigenvalue weighted by Crippen LogP contribution is 2.17. The van der Waals surface area contributed by atoms with Crippen LogP contribution in [0, 0.1) is 0 Å². The van der Waals surface area contributed by atoms with Crippen LogP contribution in [-0.4, -0.2) is 31.7 Å². The zero-order chi connectivity index (χ0) is 14.8. The molecule has 19 heavy (non-hydrogen) atoms. The van der Waals surface area contributed by atoms with E-state index >= 15 is 0 Å². The van der Waals surface area contributed by atoms with E-state index in [0.29, 0.717) is 25.7 Å². The number of ether oxygens (including phenoxy) is 1. The largest absolute Gasteiger partial charge is 0.748 e. The fourth-order valence-corrected chi connectivity index (χ4v) is 2.19. The molecular formula is C11H20F3O4S-. The van der Waals surface area contributed by atoms with Crippen molar-refractivity contribution in [3.63, 3.8) is 0 Å². The first kappa shape index (κ1) is 18.7. The molecule has 0 unspecified atom stereocenters. The molecule has 8 heteroatoms. The molecule has 0 bridgehead atoms. The Balaban J connectivity index is 3.16. The molecule has 0 aromatic heterocycles. The third kappa shape index (κ3) is 17.7. The monoisotopic (exact) mass is 305 g/mol. The maximum absolute atomic E-state index is 11.6. The Morgan fingerprint density at radius 2 is 1.26 bits per heavy atom. The molecule has 0 fully saturated rings. The zero-order valence-corrected chi connectivity index (χ0v) is 11.6. The summed E-state index contributed by atoms with van der Waals surface area (Å²) in [7, 11) is -4.10. The van der Waals surface area contributed by atoms with Gasteiger partial charge in [0.1, 0.15) is 0 Å². The third-order valence-electron chi connectivity index (χ3n) is 2.55. The summed E-state index contributed by atoms with van der Waals surface area (Å²) < 4.78 is 69.3. The molecule has 0 spiro atoms. The van der Waals surface area contributed by atoms with Crippen molar-refractivity contribution in [2.45, 2.75) is 57.7 Å². The van der Waals surface area contributed by atoms with Crippen LogP contribution >= 0.6 is 0 Å². The number of unbranched alkanes of at least 4 members (excludes halogenated alkanes) is 7. The molecule has 116 valence electrons. The van der Waals surface area contributed by atoms with Gasteiger partial charge in [-0.15, -0.1) is 13.2 Å². The summed E-state index contributed by atoms with van der Waals surface area (Å²) >= 11 is 0. The van der Waals surface area contributed by atoms with Gasteiger partial charge in [0.05, 0.1) is 16.7 Å². The first-order chi connectivity index (χ1) is 8.71. The van der Waals surface area contributed by atoms with Crippen LogP contribution in [0.2, 0.25) is 0 Å². The van der Waals surface area contributed by atoms with Gasteiger partial charge in [-0.05, 0) is 12.8 Å². The maximum atomic E-state index is 11.6. The smallest absolute Gasteiger partial charge is 0.522 e. The van der Waals surface area contributed by atoms with Crippen LogP contribution in [0.3, 0.4) is 0 Å². The lowest BCUT2D eigenvalue weighted by atomic mass is 10.1. The third-order valence-corrected chi connectivity index (χ3v) is 3.34. The SMILES string of the molecule is O=S(=O)([O-])CCCCCCCCCCOC(F)(F)F. The van der Waals surface area contributed by atoms with Crippen molar-refractivity contribution >= 4 is 10.1 Å². The van der Waals surface area contributed by atoms with E-state index in [9.17, 15) is 26.1 Å². The van der Waals surface area contributed by atoms with Crippen molar-refractivity contribution in [2.75, 3.05) is 12.4 Å². The lowest BCUT2D eigenvalue weighted by Crippen LogP contribution is -2.13. The Bertz CT molecular complexity index is 314. The lowest BCUT2D eigenvalue weighted by molar-refractivity contribution is -0.324. The highest BCUT2D eigenvalue weighted by molar-refractivity contribution is 7.85. The maximum Gasteiger partial charge on any atom is 0.522 e. The Hall–Kier alpha value is -0.340. The summed E-state index contributed by atoms with van der Waals surface area (Å²) in [5, 5.41) is 0. The molecule has 0 aromatic rings. The Kier molecular flexibility index (Phi) is 9.38. The van der Waals surface area contributed by atoms with Crippen molar-refractivity contribution < 1.29 is 30.9 Å². The van der Waals surface area contributed by atoms with Crippen molar-refractivity contribution in [3.05, 3.63) is 0 Å². The van der Waals surface area contributed by atoms with Gasteiger partial charge in [0.25, 0.3) is 0 Å². The van der Waals surface area contributed by atoms with E-state index in [2.05, 4.69) is 4.74 Å². The van der Waals surface area contributed by atoms with Crippen LogP contribution in [0.5, 0.6) is 0 Å². The average Bonchev–Trinajstić information content (AvgIpc) is 2.22. The van der Waals surface area contributed by atoms with E-state index in [1.807, 2.05) is 0 Å². The number of hydrogen-bond donors (Lipinski definition) is 0. The van der Waals surface area contributed by atoms with Crippen molar-refractivity contribution in [2.24, 2.45) is 0 Å². The van der Waals surface area contributed by atoms with E-state index in [1.165, 1.54) is 0 Å². The Morgan fingerprint density at radius 3 is 1.68 bits per heavy atom. The van der Waals surface area contributed by atoms with Crippen LogP contribution in [-0.2, 0) is 14.9 Å². The second kappa shape index (κ2) is 9.55. The Morgan fingerprint density at radius 1 is 0.842 bits per heavy atom. The predicted octanol–water partition coefficient (Wildman–Crippen LogP) is 3.19. The van der Waals surface area contributed by atoms with E-state index in [1.54, 1.807) is 0 Å². The highest BCUT2D eigenvalue weighted by Gasteiger charge is 2.28. The van der Waals surface area contributed by atoms with Gasteiger partial charge < -0.3 is 4.55 Å². The zero-order valence-electron chi connectivity index (χ0n) is 10.7. The molecule has 0 aliphatic carbocycles. The highest BCUT2D eigenvalue weighted by atomic mass is 32.2. The van der Waals surface area contributed by atoms with Crippen LogP contribution in [0.15, 0.2) is 0 Å². The molecule has 0 N–H and O–H groups in total. The fraction of sp³-hybridized carbons (Fsp3) is 1.00. The number of alkyl halides is 3. The van der Waals surface area contributed by atoms with Crippen LogP contribution < -0.4 is 0 Å². The van der Waals surface area contributed by atoms with Gasteiger partial charge >= 0.3 is 6.36 Å². The summed E-state index contributed by atoms with van der Waals surface area (Å²) in [5.41, 5.74) is 0. The molecule has 0 heterocycles. The summed E-state index contributed by atoms with van der Waals surface area (Å²) in [6.45, 7) is -0.301. The van der Waals surface area contributed by atoms with Gasteiger partial charge in [-0.2, -0.15) is 0 Å². The second-order valence-corrected chi connectivity index (χ2v) is 5.91. The average molecular weight is 305 g/mol. The molecule has 0 saturated carbocycles. The van der Waals surface area contributed by atoms with Crippen molar-refractivity contribution in [3.8, 4) is 0 Å². The van der Waals surface area contributed by atoms with Crippen molar-refractivity contribution in [1.29, 1.82) is 0 Å². The standard InChI is InChI=1S/C11H21F3O4S/c12-11(13,14)18-9-7-5-3-1-2-4-6-8-10-19(15,16)17/h1-10H2,(H,15,16,17)/p-1. The molecule has 4 nitrogen and oxygen atoms in total. The molecular weight excluding hydrogens is 285 g/mol. The Labute approximate surface area is 112 Å². The van der Waals surface area contributed by atoms with Gasteiger partial charge in [0.2, 0.25) is 0 Å². The van der Waals surface area contributed by atoms with Gasteiger partial charge in [-0.1, -0.05) is 38.5 Å². The molecule has 0 aromatic carbocycles. The molecule has 0 rings (SSSR count). The van der Waals surface area contributed by atoms with Crippen LogP contribution in [0.1, 0.15) is 51.4 Å². The van der Waals surface area contributed by atoms with E-state index < -0.39 is 16.5 Å². The van der Waals surface area contributed by atoms with Gasteiger partial charge in [-0.3, -0.25) is 4.74 Å². The molecule has 0 saturated heterocycles. The molecule has 0 aliphatic heterocycles. The van der Waals surface area contributed by atoms with Gasteiger partial charge in [-0.25, -0.2) is 8.42 Å². The van der Waals surface area contributed by atoms with E-state index in [0.717, 1.165) is 25.7 Å². The fourth-order valence-electron chi connectivity index (χ4n) is 1.63. The number of rotatable bonds is 11. The number of halogens is 3. The van der Waals surface area contributed by atoms with E-state index in [4.69, 9.17) is 0 Å². The van der Waals surface area contributed by atoms with Gasteiger partial charge in [0, 0.05) is 5.75 Å². The van der Waals surface area contributed by atoms with Crippen LogP contribution in [0.4, 0.5) is 13.2 Å². The van der Waals surface area contributed by atoms with Crippen LogP contribution in [0.25, 0.3) is 0 Å². The summed E-state index contributed by atoms with van der Waals surface area (Å²) in [4.78, 5) is 0. The minimum Gasteiger partial charge on any atom is -0.748 e. The summed E-state index contributed by atoms with van der Waals surface area (Å²) in [5.74, 6) is -0.318. The molecule has 0 amide bonds. The molecule has 0 atom stereocenters. The first-order valence-corrected chi connectivity index (χ1v) is 7.93.